The summed E-state index contributed by atoms with van der Waals surface area (Å²) in [6, 6.07) is 13.8. The molecule has 0 atom stereocenters. The predicted octanol–water partition coefficient (Wildman–Crippen LogP) is 4.38. The Balaban J connectivity index is 1.52. The molecule has 4 aromatic rings. The third-order valence-electron chi connectivity index (χ3n) is 4.12. The fraction of sp³-hybridized carbons (Fsp3) is 0.167. The van der Waals surface area contributed by atoms with Crippen LogP contribution in [0.2, 0.25) is 0 Å². The zero-order chi connectivity index (χ0) is 18.8. The monoisotopic (exact) mass is 442 g/mol. The van der Waals surface area contributed by atoms with E-state index >= 15 is 0 Å². The summed E-state index contributed by atoms with van der Waals surface area (Å²) in [4.78, 5) is 4.46. The van der Waals surface area contributed by atoms with Crippen LogP contribution in [0.5, 0.6) is 0 Å². The first-order valence-corrected chi connectivity index (χ1v) is 9.96. The van der Waals surface area contributed by atoms with Crippen molar-refractivity contribution in [1.82, 2.24) is 30.3 Å². The van der Waals surface area contributed by atoms with Gasteiger partial charge in [0.15, 0.2) is 0 Å². The largest absolute Gasteiger partial charge is 0.338 e. The smallest absolute Gasteiger partial charge is 0.237 e. The van der Waals surface area contributed by atoms with Gasteiger partial charge in [0, 0.05) is 10.0 Å². The van der Waals surface area contributed by atoms with E-state index in [-0.39, 0.29) is 0 Å². The molecule has 9 heteroatoms. The summed E-state index contributed by atoms with van der Waals surface area (Å²) < 4.78 is 8.07. The SMILES string of the molecule is Cc1cccc(-n2nnnc2SCc2nc(-c3cccc(Br)c3)no2)c1C. The van der Waals surface area contributed by atoms with Gasteiger partial charge >= 0.3 is 0 Å². The molecule has 0 aliphatic carbocycles. The highest BCUT2D eigenvalue weighted by Gasteiger charge is 2.15. The summed E-state index contributed by atoms with van der Waals surface area (Å²) in [5.41, 5.74) is 4.18. The Morgan fingerprint density at radius 2 is 2.00 bits per heavy atom. The first-order chi connectivity index (χ1) is 13.1. The van der Waals surface area contributed by atoms with Gasteiger partial charge in [0.2, 0.25) is 16.9 Å². The molecule has 0 aliphatic rings. The molecule has 0 radical (unpaired) electrons. The zero-order valence-electron chi connectivity index (χ0n) is 14.6. The minimum absolute atomic E-state index is 0.478. The average molecular weight is 443 g/mol. The molecule has 0 saturated heterocycles. The Bertz CT molecular complexity index is 1090. The molecular formula is C18H15BrN6OS. The first-order valence-electron chi connectivity index (χ1n) is 8.18. The summed E-state index contributed by atoms with van der Waals surface area (Å²) in [5, 5.41) is 16.8. The van der Waals surface area contributed by atoms with Crippen LogP contribution in [0.4, 0.5) is 0 Å². The number of nitrogens with zero attached hydrogens (tertiary/aromatic N) is 6. The van der Waals surface area contributed by atoms with Crippen LogP contribution in [0.25, 0.3) is 17.1 Å². The van der Waals surface area contributed by atoms with Crippen LogP contribution in [0.15, 0.2) is 56.6 Å². The highest BCUT2D eigenvalue weighted by atomic mass is 79.9. The van der Waals surface area contributed by atoms with E-state index in [1.165, 1.54) is 17.3 Å². The molecule has 0 fully saturated rings. The molecule has 0 saturated carbocycles. The van der Waals surface area contributed by atoms with E-state index in [2.05, 4.69) is 61.5 Å². The summed E-state index contributed by atoms with van der Waals surface area (Å²) in [5.74, 6) is 1.55. The van der Waals surface area contributed by atoms with Crippen molar-refractivity contribution >= 4 is 27.7 Å². The number of aromatic nitrogens is 6. The molecule has 27 heavy (non-hydrogen) atoms. The van der Waals surface area contributed by atoms with Gasteiger partial charge in [-0.3, -0.25) is 0 Å². The average Bonchev–Trinajstić information content (AvgIpc) is 3.31. The minimum Gasteiger partial charge on any atom is -0.338 e. The standard InChI is InChI=1S/C18H15BrN6OS/c1-11-5-3-8-15(12(11)2)25-18(21-23-24-25)27-10-16-20-17(22-26-16)13-6-4-7-14(19)9-13/h3-9H,10H2,1-2H3. The van der Waals surface area contributed by atoms with E-state index in [4.69, 9.17) is 4.52 Å². The van der Waals surface area contributed by atoms with Crippen LogP contribution in [0.3, 0.4) is 0 Å². The van der Waals surface area contributed by atoms with Crippen molar-refractivity contribution in [2.45, 2.75) is 24.8 Å². The molecular weight excluding hydrogens is 428 g/mol. The molecule has 2 aromatic heterocycles. The van der Waals surface area contributed by atoms with E-state index in [9.17, 15) is 0 Å². The first kappa shape index (κ1) is 17.9. The molecule has 2 heterocycles. The van der Waals surface area contributed by atoms with Crippen LogP contribution >= 0.6 is 27.7 Å². The van der Waals surface area contributed by atoms with Crippen LogP contribution in [-0.2, 0) is 5.75 Å². The van der Waals surface area contributed by atoms with E-state index < -0.39 is 0 Å². The maximum atomic E-state index is 5.37. The molecule has 7 nitrogen and oxygen atoms in total. The van der Waals surface area contributed by atoms with Gasteiger partial charge in [0.25, 0.3) is 0 Å². The van der Waals surface area contributed by atoms with E-state index in [1.54, 1.807) is 4.68 Å². The lowest BCUT2D eigenvalue weighted by molar-refractivity contribution is 0.391. The van der Waals surface area contributed by atoms with Gasteiger partial charge in [0.1, 0.15) is 0 Å². The molecule has 0 bridgehead atoms. The second-order valence-corrected chi connectivity index (χ2v) is 7.76. The number of rotatable bonds is 5. The lowest BCUT2D eigenvalue weighted by Crippen LogP contribution is -2.02. The van der Waals surface area contributed by atoms with Crippen molar-refractivity contribution in [3.8, 4) is 17.1 Å². The molecule has 4 rings (SSSR count). The molecule has 0 unspecified atom stereocenters. The number of hydrogen-bond acceptors (Lipinski definition) is 7. The Morgan fingerprint density at radius 3 is 2.85 bits per heavy atom. The van der Waals surface area contributed by atoms with Gasteiger partial charge in [-0.25, -0.2) is 0 Å². The van der Waals surface area contributed by atoms with Crippen molar-refractivity contribution in [2.75, 3.05) is 0 Å². The minimum atomic E-state index is 0.478. The Hall–Kier alpha value is -2.52. The summed E-state index contributed by atoms with van der Waals surface area (Å²) in [6.45, 7) is 4.13. The second kappa shape index (κ2) is 7.61. The van der Waals surface area contributed by atoms with Crippen molar-refractivity contribution in [3.63, 3.8) is 0 Å². The third-order valence-corrected chi connectivity index (χ3v) is 5.52. The number of aryl methyl sites for hydroxylation is 1. The highest BCUT2D eigenvalue weighted by Crippen LogP contribution is 2.26. The van der Waals surface area contributed by atoms with Crippen molar-refractivity contribution in [1.29, 1.82) is 0 Å². The van der Waals surface area contributed by atoms with Crippen LogP contribution in [0, 0.1) is 13.8 Å². The normalized spacial score (nSPS) is 11.1. The highest BCUT2D eigenvalue weighted by molar-refractivity contribution is 9.10. The predicted molar refractivity (Wildman–Crippen MR) is 106 cm³/mol. The third kappa shape index (κ3) is 3.79. The van der Waals surface area contributed by atoms with Gasteiger partial charge in [-0.2, -0.15) is 9.67 Å². The van der Waals surface area contributed by atoms with Gasteiger partial charge in [0.05, 0.1) is 11.4 Å². The van der Waals surface area contributed by atoms with Gasteiger partial charge in [-0.05, 0) is 53.6 Å². The number of hydrogen-bond donors (Lipinski definition) is 0. The van der Waals surface area contributed by atoms with Gasteiger partial charge in [-0.15, -0.1) is 5.10 Å². The maximum Gasteiger partial charge on any atom is 0.237 e. The van der Waals surface area contributed by atoms with Crippen molar-refractivity contribution in [3.05, 3.63) is 64.0 Å². The molecule has 0 amide bonds. The fourth-order valence-electron chi connectivity index (χ4n) is 2.57. The van der Waals surface area contributed by atoms with Crippen LogP contribution in [-0.4, -0.2) is 30.3 Å². The summed E-state index contributed by atoms with van der Waals surface area (Å²) in [7, 11) is 0. The maximum absolute atomic E-state index is 5.37. The Morgan fingerprint density at radius 1 is 1.15 bits per heavy atom. The molecule has 0 N–H and O–H groups in total. The molecule has 0 aliphatic heterocycles. The van der Waals surface area contributed by atoms with Crippen molar-refractivity contribution < 1.29 is 4.52 Å². The lowest BCUT2D eigenvalue weighted by atomic mass is 10.1. The van der Waals surface area contributed by atoms with E-state index in [0.29, 0.717) is 22.6 Å². The number of tetrazole rings is 1. The topological polar surface area (TPSA) is 82.5 Å². The number of halogens is 1. The Labute approximate surface area is 168 Å². The fourth-order valence-corrected chi connectivity index (χ4v) is 3.69. The van der Waals surface area contributed by atoms with Gasteiger partial charge < -0.3 is 4.52 Å². The number of thioether (sulfide) groups is 1. The van der Waals surface area contributed by atoms with Crippen molar-refractivity contribution in [2.24, 2.45) is 0 Å². The summed E-state index contributed by atoms with van der Waals surface area (Å²) in [6.07, 6.45) is 0. The van der Waals surface area contributed by atoms with Gasteiger partial charge in [-0.1, -0.05) is 57.1 Å². The lowest BCUT2D eigenvalue weighted by Gasteiger charge is -2.08. The molecule has 2 aromatic carbocycles. The van der Waals surface area contributed by atoms with Crippen LogP contribution in [0.1, 0.15) is 17.0 Å². The van der Waals surface area contributed by atoms with Crippen LogP contribution < -0.4 is 0 Å². The Kier molecular flexibility index (Phi) is 5.04. The van der Waals surface area contributed by atoms with E-state index in [1.807, 2.05) is 36.4 Å². The quantitative estimate of drug-likeness (QED) is 0.423. The van der Waals surface area contributed by atoms with E-state index in [0.717, 1.165) is 21.3 Å². The summed E-state index contributed by atoms with van der Waals surface area (Å²) >= 11 is 4.90. The molecule has 136 valence electrons. The number of benzene rings is 2. The zero-order valence-corrected chi connectivity index (χ0v) is 17.0. The second-order valence-electron chi connectivity index (χ2n) is 5.90. The molecule has 0 spiro atoms.